The Morgan fingerprint density at radius 1 is 1.08 bits per heavy atom. The van der Waals surface area contributed by atoms with Gasteiger partial charge < -0.3 is 4.74 Å². The third-order valence-corrected chi connectivity index (χ3v) is 2.93. The summed E-state index contributed by atoms with van der Waals surface area (Å²) in [7, 11) is 0. The third kappa shape index (κ3) is 5.10. The predicted molar refractivity (Wildman–Crippen MR) is 87.4 cm³/mol. The van der Waals surface area contributed by atoms with Gasteiger partial charge in [-0.25, -0.2) is 5.43 Å². The zero-order valence-electron chi connectivity index (χ0n) is 12.7. The molecule has 0 bridgehead atoms. The molecule has 128 valence electrons. The number of carbonyl (C=O) groups is 1. The Hall–Kier alpha value is -3.82. The van der Waals surface area contributed by atoms with Crippen LogP contribution >= 0.6 is 0 Å². The van der Waals surface area contributed by atoms with Crippen molar-refractivity contribution in [3.8, 4) is 5.75 Å². The quantitative estimate of drug-likeness (QED) is 0.463. The number of nitro groups is 2. The number of para-hydroxylation sites is 2. The Morgan fingerprint density at radius 3 is 2.40 bits per heavy atom. The molecule has 25 heavy (non-hydrogen) atoms. The van der Waals surface area contributed by atoms with Gasteiger partial charge in [0.25, 0.3) is 11.6 Å². The lowest BCUT2D eigenvalue weighted by molar-refractivity contribution is -0.385. The van der Waals surface area contributed by atoms with Crippen LogP contribution in [-0.4, -0.2) is 28.6 Å². The zero-order chi connectivity index (χ0) is 18.2. The number of ether oxygens (including phenoxy) is 1. The standard InChI is InChI=1S/C15H12N4O6/c20-15(10-25-14-4-2-1-3-13(14)19(23)24)17-16-9-11-5-7-12(8-6-11)18(21)22/h1-9H,10H2,(H,17,20). The summed E-state index contributed by atoms with van der Waals surface area (Å²) in [6.07, 6.45) is 1.30. The lowest BCUT2D eigenvalue weighted by Crippen LogP contribution is -2.24. The van der Waals surface area contributed by atoms with Gasteiger partial charge >= 0.3 is 5.69 Å². The summed E-state index contributed by atoms with van der Waals surface area (Å²) in [5, 5.41) is 25.0. The molecule has 0 atom stereocenters. The van der Waals surface area contributed by atoms with Crippen LogP contribution in [0.5, 0.6) is 5.75 Å². The number of benzene rings is 2. The number of hydrazone groups is 1. The van der Waals surface area contributed by atoms with Crippen LogP contribution in [-0.2, 0) is 4.79 Å². The van der Waals surface area contributed by atoms with Crippen LogP contribution in [0.25, 0.3) is 0 Å². The van der Waals surface area contributed by atoms with E-state index in [0.29, 0.717) is 5.56 Å². The number of hydrogen-bond donors (Lipinski definition) is 1. The number of nitrogens with zero attached hydrogens (tertiary/aromatic N) is 3. The zero-order valence-corrected chi connectivity index (χ0v) is 12.7. The largest absolute Gasteiger partial charge is 0.477 e. The molecule has 0 saturated heterocycles. The van der Waals surface area contributed by atoms with Crippen molar-refractivity contribution in [1.29, 1.82) is 0 Å². The van der Waals surface area contributed by atoms with Gasteiger partial charge in [-0.1, -0.05) is 12.1 Å². The minimum absolute atomic E-state index is 0.0259. The molecule has 1 amide bonds. The second kappa shape index (κ2) is 8.15. The molecule has 2 rings (SSSR count). The van der Waals surface area contributed by atoms with Crippen molar-refractivity contribution >= 4 is 23.5 Å². The normalized spacial score (nSPS) is 10.4. The molecule has 2 aromatic rings. The molecule has 0 heterocycles. The lowest BCUT2D eigenvalue weighted by atomic mass is 10.2. The van der Waals surface area contributed by atoms with Crippen molar-refractivity contribution in [1.82, 2.24) is 5.43 Å². The van der Waals surface area contributed by atoms with Crippen molar-refractivity contribution in [3.63, 3.8) is 0 Å². The van der Waals surface area contributed by atoms with E-state index in [1.165, 1.54) is 48.7 Å². The van der Waals surface area contributed by atoms with Gasteiger partial charge in [-0.2, -0.15) is 5.10 Å². The fourth-order valence-electron chi connectivity index (χ4n) is 1.77. The van der Waals surface area contributed by atoms with Crippen LogP contribution in [0, 0.1) is 20.2 Å². The summed E-state index contributed by atoms with van der Waals surface area (Å²) in [5.74, 6) is -0.640. The van der Waals surface area contributed by atoms with Gasteiger partial charge in [0, 0.05) is 18.2 Å². The molecule has 0 spiro atoms. The molecule has 0 saturated carbocycles. The second-order valence-corrected chi connectivity index (χ2v) is 4.66. The SMILES string of the molecule is O=C(COc1ccccc1[N+](=O)[O-])NN=Cc1ccc([N+](=O)[O-])cc1. The van der Waals surface area contributed by atoms with Gasteiger partial charge in [0.2, 0.25) is 0 Å². The molecule has 0 aromatic heterocycles. The molecular formula is C15H12N4O6. The van der Waals surface area contributed by atoms with Gasteiger partial charge in [-0.3, -0.25) is 25.0 Å². The van der Waals surface area contributed by atoms with E-state index in [1.54, 1.807) is 6.07 Å². The van der Waals surface area contributed by atoms with E-state index in [9.17, 15) is 25.0 Å². The summed E-state index contributed by atoms with van der Waals surface area (Å²) in [6.45, 7) is -0.456. The molecule has 10 heteroatoms. The molecular weight excluding hydrogens is 332 g/mol. The summed E-state index contributed by atoms with van der Waals surface area (Å²) < 4.78 is 5.10. The number of non-ortho nitro benzene ring substituents is 1. The minimum atomic E-state index is -0.615. The fraction of sp³-hybridized carbons (Fsp3) is 0.0667. The monoisotopic (exact) mass is 344 g/mol. The number of hydrogen-bond acceptors (Lipinski definition) is 7. The first-order chi connectivity index (χ1) is 12.0. The van der Waals surface area contributed by atoms with Crippen molar-refractivity contribution in [3.05, 3.63) is 74.3 Å². The number of rotatable bonds is 7. The van der Waals surface area contributed by atoms with E-state index < -0.39 is 22.4 Å². The Labute approximate surface area is 141 Å². The Morgan fingerprint density at radius 2 is 1.76 bits per heavy atom. The first-order valence-corrected chi connectivity index (χ1v) is 6.90. The molecule has 10 nitrogen and oxygen atoms in total. The molecule has 2 aromatic carbocycles. The second-order valence-electron chi connectivity index (χ2n) is 4.66. The highest BCUT2D eigenvalue weighted by Crippen LogP contribution is 2.25. The molecule has 0 unspecified atom stereocenters. The number of carbonyl (C=O) groups excluding carboxylic acids is 1. The van der Waals surface area contributed by atoms with Crippen molar-refractivity contribution in [2.24, 2.45) is 5.10 Å². The van der Waals surface area contributed by atoms with Crippen molar-refractivity contribution < 1.29 is 19.4 Å². The van der Waals surface area contributed by atoms with E-state index >= 15 is 0 Å². The van der Waals surface area contributed by atoms with Gasteiger partial charge in [-0.15, -0.1) is 0 Å². The predicted octanol–water partition coefficient (Wildman–Crippen LogP) is 2.03. The van der Waals surface area contributed by atoms with E-state index in [2.05, 4.69) is 10.5 Å². The van der Waals surface area contributed by atoms with Crippen LogP contribution in [0.4, 0.5) is 11.4 Å². The first kappa shape index (κ1) is 17.5. The summed E-state index contributed by atoms with van der Waals surface area (Å²) in [6, 6.07) is 11.2. The van der Waals surface area contributed by atoms with Crippen molar-refractivity contribution in [2.45, 2.75) is 0 Å². The van der Waals surface area contributed by atoms with E-state index in [4.69, 9.17) is 4.74 Å². The molecule has 1 N–H and O–H groups in total. The van der Waals surface area contributed by atoms with Crippen LogP contribution in [0.15, 0.2) is 53.6 Å². The number of amides is 1. The fourth-order valence-corrected chi connectivity index (χ4v) is 1.77. The molecule has 0 aliphatic rings. The minimum Gasteiger partial charge on any atom is -0.477 e. The van der Waals surface area contributed by atoms with Gasteiger partial charge in [0.1, 0.15) is 0 Å². The van der Waals surface area contributed by atoms with Crippen LogP contribution in [0.3, 0.4) is 0 Å². The maximum absolute atomic E-state index is 11.6. The highest BCUT2D eigenvalue weighted by Gasteiger charge is 2.14. The third-order valence-electron chi connectivity index (χ3n) is 2.93. The summed E-state index contributed by atoms with van der Waals surface area (Å²) in [5.41, 5.74) is 2.43. The van der Waals surface area contributed by atoms with E-state index in [1.807, 2.05) is 0 Å². The molecule has 0 radical (unpaired) electrons. The Balaban J connectivity index is 1.86. The van der Waals surface area contributed by atoms with E-state index in [0.717, 1.165) is 0 Å². The van der Waals surface area contributed by atoms with Crippen LogP contribution in [0.2, 0.25) is 0 Å². The maximum atomic E-state index is 11.6. The van der Waals surface area contributed by atoms with Gasteiger partial charge in [0.15, 0.2) is 12.4 Å². The topological polar surface area (TPSA) is 137 Å². The highest BCUT2D eigenvalue weighted by molar-refractivity contribution is 5.83. The highest BCUT2D eigenvalue weighted by atomic mass is 16.6. The van der Waals surface area contributed by atoms with Gasteiger partial charge in [-0.05, 0) is 23.8 Å². The summed E-state index contributed by atoms with van der Waals surface area (Å²) >= 11 is 0. The number of nitro benzene ring substituents is 2. The first-order valence-electron chi connectivity index (χ1n) is 6.90. The smallest absolute Gasteiger partial charge is 0.310 e. The lowest BCUT2D eigenvalue weighted by Gasteiger charge is -2.05. The van der Waals surface area contributed by atoms with E-state index in [-0.39, 0.29) is 17.1 Å². The number of nitrogens with one attached hydrogen (secondary N) is 1. The average molecular weight is 344 g/mol. The molecule has 0 fully saturated rings. The van der Waals surface area contributed by atoms with Gasteiger partial charge in [0.05, 0.1) is 16.1 Å². The van der Waals surface area contributed by atoms with Crippen LogP contribution in [0.1, 0.15) is 5.56 Å². The average Bonchev–Trinajstić information content (AvgIpc) is 2.60. The Bertz CT molecular complexity index is 819. The van der Waals surface area contributed by atoms with Crippen molar-refractivity contribution in [2.75, 3.05) is 6.61 Å². The van der Waals surface area contributed by atoms with Crippen LogP contribution < -0.4 is 10.2 Å². The molecule has 0 aliphatic heterocycles. The summed E-state index contributed by atoms with van der Waals surface area (Å²) in [4.78, 5) is 31.8. The maximum Gasteiger partial charge on any atom is 0.310 e. The molecule has 0 aliphatic carbocycles. The Kier molecular flexibility index (Phi) is 5.72.